The summed E-state index contributed by atoms with van der Waals surface area (Å²) < 4.78 is 5.35. The fourth-order valence-electron chi connectivity index (χ4n) is 6.74. The third-order valence-corrected chi connectivity index (χ3v) is 7.62. The molecule has 142 valence electrons. The van der Waals surface area contributed by atoms with Crippen molar-refractivity contribution < 1.29 is 9.53 Å². The van der Waals surface area contributed by atoms with Gasteiger partial charge < -0.3 is 4.74 Å². The molecule has 4 aliphatic carbocycles. The number of methoxy groups -OCH3 is 1. The smallest absolute Gasteiger partial charge is 0.136 e. The van der Waals surface area contributed by atoms with Crippen LogP contribution >= 0.6 is 0 Å². The highest BCUT2D eigenvalue weighted by Crippen LogP contribution is 2.63. The van der Waals surface area contributed by atoms with E-state index < -0.39 is 0 Å². The van der Waals surface area contributed by atoms with Crippen molar-refractivity contribution in [2.75, 3.05) is 7.11 Å². The molecule has 4 aliphatic rings. The van der Waals surface area contributed by atoms with Gasteiger partial charge in [0.05, 0.1) is 7.11 Å². The summed E-state index contributed by atoms with van der Waals surface area (Å²) in [6.07, 6.45) is 12.1. The minimum Gasteiger partial charge on any atom is -0.497 e. The minimum absolute atomic E-state index is 0.335. The lowest BCUT2D eigenvalue weighted by atomic mass is 9.44. The molecule has 0 radical (unpaired) electrons. The fourth-order valence-corrected chi connectivity index (χ4v) is 6.74. The van der Waals surface area contributed by atoms with Crippen LogP contribution in [-0.4, -0.2) is 12.9 Å². The second kappa shape index (κ2) is 7.37. The standard InChI is InChI=1S/C24H34O2/c1-3-4-5-6-7-22(25)23-18-12-17-13-19(23)16-24(14-17,15-18)20-8-10-21(26-2)11-9-20/h8-11,17-19,23H,3-7,12-16H2,1-2H3. The maximum absolute atomic E-state index is 13.0. The highest BCUT2D eigenvalue weighted by Gasteiger charge is 2.57. The zero-order valence-corrected chi connectivity index (χ0v) is 16.5. The lowest BCUT2D eigenvalue weighted by molar-refractivity contribution is -0.138. The molecule has 2 heteroatoms. The summed E-state index contributed by atoms with van der Waals surface area (Å²) in [5.41, 5.74) is 1.83. The molecular formula is C24H34O2. The first-order chi connectivity index (χ1) is 12.6. The summed E-state index contributed by atoms with van der Waals surface area (Å²) in [4.78, 5) is 13.0. The molecule has 2 atom stereocenters. The van der Waals surface area contributed by atoms with Crippen molar-refractivity contribution >= 4 is 5.78 Å². The number of ketones is 1. The molecule has 1 aromatic carbocycles. The Bertz CT molecular complexity index is 616. The third-order valence-electron chi connectivity index (χ3n) is 7.62. The summed E-state index contributed by atoms with van der Waals surface area (Å²) in [5.74, 6) is 4.04. The maximum atomic E-state index is 13.0. The van der Waals surface area contributed by atoms with Gasteiger partial charge in [0.1, 0.15) is 11.5 Å². The number of rotatable bonds is 8. The number of Topliss-reactive ketones (excluding diaryl/α,β-unsaturated/α-hetero) is 1. The van der Waals surface area contributed by atoms with Crippen LogP contribution in [0.5, 0.6) is 5.75 Å². The molecule has 0 spiro atoms. The Morgan fingerprint density at radius 3 is 2.35 bits per heavy atom. The average Bonchev–Trinajstić information content (AvgIpc) is 2.64. The Kier molecular flexibility index (Phi) is 5.12. The van der Waals surface area contributed by atoms with Crippen LogP contribution < -0.4 is 4.74 Å². The summed E-state index contributed by atoms with van der Waals surface area (Å²) in [6, 6.07) is 8.80. The first-order valence-electron chi connectivity index (χ1n) is 10.8. The van der Waals surface area contributed by atoms with Crippen LogP contribution in [0.1, 0.15) is 76.7 Å². The highest BCUT2D eigenvalue weighted by molar-refractivity contribution is 5.82. The highest BCUT2D eigenvalue weighted by atomic mass is 16.5. The van der Waals surface area contributed by atoms with Crippen LogP contribution in [0.4, 0.5) is 0 Å². The molecule has 0 aromatic heterocycles. The van der Waals surface area contributed by atoms with Crippen molar-refractivity contribution in [3.8, 4) is 5.75 Å². The second-order valence-electron chi connectivity index (χ2n) is 9.28. The van der Waals surface area contributed by atoms with Crippen LogP contribution in [-0.2, 0) is 10.2 Å². The number of carbonyl (C=O) groups excluding carboxylic acids is 1. The molecule has 2 nitrogen and oxygen atoms in total. The van der Waals surface area contributed by atoms with Gasteiger partial charge in [-0.2, -0.15) is 0 Å². The topological polar surface area (TPSA) is 26.3 Å². The summed E-state index contributed by atoms with van der Waals surface area (Å²) in [5, 5.41) is 0. The monoisotopic (exact) mass is 354 g/mol. The molecule has 0 aliphatic heterocycles. The van der Waals surface area contributed by atoms with Gasteiger partial charge in [0.2, 0.25) is 0 Å². The van der Waals surface area contributed by atoms with Crippen molar-refractivity contribution in [2.45, 2.75) is 76.5 Å². The average molecular weight is 355 g/mol. The van der Waals surface area contributed by atoms with Gasteiger partial charge in [-0.05, 0) is 79.4 Å². The zero-order valence-electron chi connectivity index (χ0n) is 16.5. The molecule has 2 unspecified atom stereocenters. The Morgan fingerprint density at radius 1 is 1.04 bits per heavy atom. The van der Waals surface area contributed by atoms with E-state index >= 15 is 0 Å². The molecule has 4 fully saturated rings. The van der Waals surface area contributed by atoms with E-state index in [0.29, 0.717) is 29.0 Å². The van der Waals surface area contributed by atoms with Gasteiger partial charge in [0.25, 0.3) is 0 Å². The van der Waals surface area contributed by atoms with Gasteiger partial charge in [0.15, 0.2) is 0 Å². The molecule has 0 saturated heterocycles. The van der Waals surface area contributed by atoms with E-state index in [4.69, 9.17) is 4.74 Å². The van der Waals surface area contributed by atoms with Crippen LogP contribution in [0, 0.1) is 23.7 Å². The quantitative estimate of drug-likeness (QED) is 0.541. The van der Waals surface area contributed by atoms with Crippen LogP contribution in [0.15, 0.2) is 24.3 Å². The number of hydrogen-bond acceptors (Lipinski definition) is 2. The Labute approximate surface area is 158 Å². The molecule has 0 heterocycles. The van der Waals surface area contributed by atoms with Crippen molar-refractivity contribution in [2.24, 2.45) is 23.7 Å². The van der Waals surface area contributed by atoms with E-state index in [2.05, 4.69) is 31.2 Å². The number of ether oxygens (including phenoxy) is 1. The molecular weight excluding hydrogens is 320 g/mol. The summed E-state index contributed by atoms with van der Waals surface area (Å²) in [6.45, 7) is 2.23. The molecule has 5 rings (SSSR count). The van der Waals surface area contributed by atoms with Crippen molar-refractivity contribution in [1.82, 2.24) is 0 Å². The van der Waals surface area contributed by atoms with E-state index in [1.54, 1.807) is 7.11 Å². The van der Waals surface area contributed by atoms with E-state index in [1.807, 2.05) is 0 Å². The molecule has 4 saturated carbocycles. The molecule has 0 amide bonds. The van der Waals surface area contributed by atoms with Crippen molar-refractivity contribution in [3.63, 3.8) is 0 Å². The van der Waals surface area contributed by atoms with Crippen LogP contribution in [0.3, 0.4) is 0 Å². The summed E-state index contributed by atoms with van der Waals surface area (Å²) in [7, 11) is 1.73. The molecule has 4 bridgehead atoms. The van der Waals surface area contributed by atoms with Crippen LogP contribution in [0.25, 0.3) is 0 Å². The van der Waals surface area contributed by atoms with Crippen molar-refractivity contribution in [3.05, 3.63) is 29.8 Å². The van der Waals surface area contributed by atoms with E-state index in [1.165, 1.54) is 56.9 Å². The third kappa shape index (κ3) is 3.21. The molecule has 26 heavy (non-hydrogen) atoms. The molecule has 0 N–H and O–H groups in total. The second-order valence-corrected chi connectivity index (χ2v) is 9.28. The Hall–Kier alpha value is -1.31. The largest absolute Gasteiger partial charge is 0.497 e. The van der Waals surface area contributed by atoms with E-state index in [-0.39, 0.29) is 0 Å². The zero-order chi connectivity index (χ0) is 18.1. The Balaban J connectivity index is 1.48. The van der Waals surface area contributed by atoms with Gasteiger partial charge in [-0.3, -0.25) is 4.79 Å². The van der Waals surface area contributed by atoms with Crippen molar-refractivity contribution in [1.29, 1.82) is 0 Å². The number of unbranched alkanes of at least 4 members (excludes halogenated alkanes) is 3. The Morgan fingerprint density at radius 2 is 1.73 bits per heavy atom. The lowest BCUT2D eigenvalue weighted by Crippen LogP contribution is -2.54. The van der Waals surface area contributed by atoms with Crippen LogP contribution in [0.2, 0.25) is 0 Å². The fraction of sp³-hybridized carbons (Fsp3) is 0.708. The normalized spacial score (nSPS) is 34.8. The number of benzene rings is 1. The number of carbonyl (C=O) groups is 1. The SMILES string of the molecule is CCCCCCC(=O)C1C2CC3CC1CC(c1ccc(OC)cc1)(C3)C2. The van der Waals surface area contributed by atoms with E-state index in [9.17, 15) is 4.79 Å². The lowest BCUT2D eigenvalue weighted by Gasteiger charge is -2.60. The number of hydrogen-bond donors (Lipinski definition) is 0. The van der Waals surface area contributed by atoms with Gasteiger partial charge in [-0.25, -0.2) is 0 Å². The molecule has 1 aromatic rings. The summed E-state index contributed by atoms with van der Waals surface area (Å²) >= 11 is 0. The van der Waals surface area contributed by atoms with Gasteiger partial charge in [-0.15, -0.1) is 0 Å². The van der Waals surface area contributed by atoms with Gasteiger partial charge in [-0.1, -0.05) is 38.3 Å². The van der Waals surface area contributed by atoms with Gasteiger partial charge in [0, 0.05) is 12.3 Å². The maximum Gasteiger partial charge on any atom is 0.136 e. The predicted octanol–water partition coefficient (Wildman–Crippen LogP) is 5.93. The predicted molar refractivity (Wildman–Crippen MR) is 105 cm³/mol. The first-order valence-corrected chi connectivity index (χ1v) is 10.8. The first kappa shape index (κ1) is 18.1. The minimum atomic E-state index is 0.335. The van der Waals surface area contributed by atoms with Gasteiger partial charge >= 0.3 is 0 Å². The van der Waals surface area contributed by atoms with E-state index in [0.717, 1.165) is 24.5 Å².